The number of methoxy groups -OCH3 is 1. The Balaban J connectivity index is 2.33. The van der Waals surface area contributed by atoms with Gasteiger partial charge in [0.1, 0.15) is 5.75 Å². The van der Waals surface area contributed by atoms with E-state index >= 15 is 0 Å². The van der Waals surface area contributed by atoms with Crippen molar-refractivity contribution in [2.75, 3.05) is 7.11 Å². The minimum Gasteiger partial charge on any atom is -0.497 e. The number of carbonyl (C=O) groups is 2. The van der Waals surface area contributed by atoms with Gasteiger partial charge < -0.3 is 19.9 Å². The fourth-order valence-corrected chi connectivity index (χ4v) is 1.98. The Bertz CT molecular complexity index is 590. The number of esters is 1. The van der Waals surface area contributed by atoms with Crippen LogP contribution in [0.2, 0.25) is 0 Å². The monoisotopic (exact) mass is 277 g/mol. The van der Waals surface area contributed by atoms with Gasteiger partial charge in [0, 0.05) is 12.5 Å². The molecule has 106 valence electrons. The highest BCUT2D eigenvalue weighted by atomic mass is 16.6. The van der Waals surface area contributed by atoms with Crippen molar-refractivity contribution in [1.82, 2.24) is 0 Å². The molecular weight excluding hydrogens is 262 g/mol. The summed E-state index contributed by atoms with van der Waals surface area (Å²) >= 11 is 0. The van der Waals surface area contributed by atoms with Gasteiger partial charge in [-0.05, 0) is 19.1 Å². The first-order valence-corrected chi connectivity index (χ1v) is 5.95. The summed E-state index contributed by atoms with van der Waals surface area (Å²) in [6.07, 6.45) is 0. The van der Waals surface area contributed by atoms with Crippen LogP contribution in [-0.4, -0.2) is 18.9 Å². The molecule has 0 aromatic heterocycles. The van der Waals surface area contributed by atoms with Crippen molar-refractivity contribution in [3.63, 3.8) is 0 Å². The molecule has 1 aromatic carbocycles. The number of rotatable bonds is 3. The second kappa shape index (κ2) is 4.88. The molecule has 1 unspecified atom stereocenters. The van der Waals surface area contributed by atoms with E-state index in [1.165, 1.54) is 6.92 Å². The normalized spacial score (nSPS) is 21.6. The van der Waals surface area contributed by atoms with Crippen molar-refractivity contribution in [3.8, 4) is 5.75 Å². The zero-order valence-corrected chi connectivity index (χ0v) is 11.4. The molecule has 0 saturated carbocycles. The minimum atomic E-state index is -1.30. The van der Waals surface area contributed by atoms with Crippen molar-refractivity contribution >= 4 is 11.8 Å². The van der Waals surface area contributed by atoms with Crippen molar-refractivity contribution in [3.05, 3.63) is 41.5 Å². The van der Waals surface area contributed by atoms with Crippen LogP contribution in [0.1, 0.15) is 19.4 Å². The highest BCUT2D eigenvalue weighted by Crippen LogP contribution is 2.37. The Morgan fingerprint density at radius 3 is 2.40 bits per heavy atom. The van der Waals surface area contributed by atoms with Crippen LogP contribution >= 0.6 is 0 Å². The lowest BCUT2D eigenvalue weighted by Gasteiger charge is -2.23. The summed E-state index contributed by atoms with van der Waals surface area (Å²) in [6, 6.07) is 6.80. The Hall–Kier alpha value is -2.50. The van der Waals surface area contributed by atoms with E-state index in [-0.39, 0.29) is 11.6 Å². The fraction of sp³-hybridized carbons (Fsp3) is 0.286. The maximum absolute atomic E-state index is 12.4. The first kappa shape index (κ1) is 13.9. The van der Waals surface area contributed by atoms with Gasteiger partial charge in [-0.15, -0.1) is 0 Å². The summed E-state index contributed by atoms with van der Waals surface area (Å²) < 4.78 is 15.3. The maximum atomic E-state index is 12.4. The van der Waals surface area contributed by atoms with Crippen molar-refractivity contribution in [2.24, 2.45) is 5.73 Å². The molecule has 2 N–H and O–H groups in total. The maximum Gasteiger partial charge on any atom is 0.308 e. The molecule has 6 heteroatoms. The van der Waals surface area contributed by atoms with E-state index in [1.807, 2.05) is 0 Å². The Labute approximate surface area is 116 Å². The van der Waals surface area contributed by atoms with Gasteiger partial charge in [0.2, 0.25) is 11.6 Å². The predicted octanol–water partition coefficient (Wildman–Crippen LogP) is 1.20. The molecule has 0 spiro atoms. The number of carbonyl (C=O) groups excluding carboxylic acids is 2. The summed E-state index contributed by atoms with van der Waals surface area (Å²) in [5.41, 5.74) is 4.91. The lowest BCUT2D eigenvalue weighted by Crippen LogP contribution is -2.31. The standard InChI is InChI=1S/C14H15NO5/c1-8(16)19-11-12(17)14(2,20-13(11)15)9-4-6-10(18-3)7-5-9/h4-7H,15H2,1-3H3. The van der Waals surface area contributed by atoms with E-state index in [4.69, 9.17) is 19.9 Å². The molecule has 1 aliphatic rings. The summed E-state index contributed by atoms with van der Waals surface area (Å²) in [4.78, 5) is 23.3. The van der Waals surface area contributed by atoms with Gasteiger partial charge >= 0.3 is 5.97 Å². The quantitative estimate of drug-likeness (QED) is 0.835. The van der Waals surface area contributed by atoms with E-state index in [2.05, 4.69) is 0 Å². The molecule has 0 aliphatic carbocycles. The van der Waals surface area contributed by atoms with Crippen LogP contribution in [0.15, 0.2) is 35.9 Å². The van der Waals surface area contributed by atoms with Crippen LogP contribution in [0.3, 0.4) is 0 Å². The lowest BCUT2D eigenvalue weighted by atomic mass is 9.91. The van der Waals surface area contributed by atoms with Crippen LogP contribution in [0.25, 0.3) is 0 Å². The smallest absolute Gasteiger partial charge is 0.308 e. The van der Waals surface area contributed by atoms with Crippen molar-refractivity contribution in [1.29, 1.82) is 0 Å². The van der Waals surface area contributed by atoms with Gasteiger partial charge in [-0.3, -0.25) is 9.59 Å². The number of ether oxygens (including phenoxy) is 3. The lowest BCUT2D eigenvalue weighted by molar-refractivity contribution is -0.142. The zero-order chi connectivity index (χ0) is 14.9. The third kappa shape index (κ3) is 2.20. The van der Waals surface area contributed by atoms with Gasteiger partial charge in [0.05, 0.1) is 7.11 Å². The first-order chi connectivity index (χ1) is 9.38. The number of hydrogen-bond acceptors (Lipinski definition) is 6. The third-order valence-electron chi connectivity index (χ3n) is 3.06. The molecule has 20 heavy (non-hydrogen) atoms. The van der Waals surface area contributed by atoms with Crippen LogP contribution in [-0.2, 0) is 24.7 Å². The minimum absolute atomic E-state index is 0.191. The van der Waals surface area contributed by atoms with E-state index in [9.17, 15) is 9.59 Å². The second-order valence-electron chi connectivity index (χ2n) is 4.48. The van der Waals surface area contributed by atoms with Gasteiger partial charge in [-0.25, -0.2) is 0 Å². The van der Waals surface area contributed by atoms with Gasteiger partial charge in [-0.2, -0.15) is 0 Å². The largest absolute Gasteiger partial charge is 0.497 e. The Kier molecular flexibility index (Phi) is 3.40. The molecule has 0 bridgehead atoms. The van der Waals surface area contributed by atoms with E-state index in [0.717, 1.165) is 0 Å². The average Bonchev–Trinajstić information content (AvgIpc) is 2.63. The number of Topliss-reactive ketones (excluding diaryl/α,β-unsaturated/α-hetero) is 1. The molecule has 1 heterocycles. The molecule has 1 aromatic rings. The van der Waals surface area contributed by atoms with Crippen LogP contribution in [0.4, 0.5) is 0 Å². The van der Waals surface area contributed by atoms with E-state index < -0.39 is 17.4 Å². The van der Waals surface area contributed by atoms with Gasteiger partial charge in [-0.1, -0.05) is 12.1 Å². The fourth-order valence-electron chi connectivity index (χ4n) is 1.98. The second-order valence-corrected chi connectivity index (χ2v) is 4.48. The molecule has 0 radical (unpaired) electrons. The molecule has 0 amide bonds. The first-order valence-electron chi connectivity index (χ1n) is 5.95. The Morgan fingerprint density at radius 1 is 1.30 bits per heavy atom. The summed E-state index contributed by atoms with van der Waals surface area (Å²) in [5.74, 6) is -0.905. The van der Waals surface area contributed by atoms with Crippen LogP contribution < -0.4 is 10.5 Å². The summed E-state index contributed by atoms with van der Waals surface area (Å²) in [6.45, 7) is 2.76. The number of nitrogens with two attached hydrogens (primary N) is 1. The molecule has 1 atom stereocenters. The molecule has 1 aliphatic heterocycles. The van der Waals surface area contributed by atoms with Crippen LogP contribution in [0, 0.1) is 0 Å². The predicted molar refractivity (Wildman–Crippen MR) is 69.4 cm³/mol. The van der Waals surface area contributed by atoms with Crippen molar-refractivity contribution in [2.45, 2.75) is 19.4 Å². The van der Waals surface area contributed by atoms with Crippen molar-refractivity contribution < 1.29 is 23.8 Å². The SMILES string of the molecule is COc1ccc(C2(C)OC(N)=C(OC(C)=O)C2=O)cc1. The zero-order valence-electron chi connectivity index (χ0n) is 11.4. The topological polar surface area (TPSA) is 87.8 Å². The highest BCUT2D eigenvalue weighted by Gasteiger charge is 2.48. The molecule has 6 nitrogen and oxygen atoms in total. The van der Waals surface area contributed by atoms with Gasteiger partial charge in [0.15, 0.2) is 5.60 Å². The van der Waals surface area contributed by atoms with Gasteiger partial charge in [0.25, 0.3) is 5.78 Å². The van der Waals surface area contributed by atoms with Crippen LogP contribution in [0.5, 0.6) is 5.75 Å². The molecule has 2 rings (SSSR count). The number of ketones is 1. The number of benzene rings is 1. The van der Waals surface area contributed by atoms with E-state index in [0.29, 0.717) is 11.3 Å². The van der Waals surface area contributed by atoms with E-state index in [1.54, 1.807) is 38.3 Å². The molecule has 0 fully saturated rings. The third-order valence-corrected chi connectivity index (χ3v) is 3.06. The average molecular weight is 277 g/mol. The molecular formula is C14H15NO5. The summed E-state index contributed by atoms with van der Waals surface area (Å²) in [5, 5.41) is 0. The molecule has 0 saturated heterocycles. The Morgan fingerprint density at radius 2 is 1.90 bits per heavy atom. The summed E-state index contributed by atoms with van der Waals surface area (Å²) in [7, 11) is 1.55. The highest BCUT2D eigenvalue weighted by molar-refractivity contribution is 6.04. The number of hydrogen-bond donors (Lipinski definition) is 1.